The Hall–Kier alpha value is -2.20. The molecule has 0 bridgehead atoms. The highest BCUT2D eigenvalue weighted by molar-refractivity contribution is 7.22. The third-order valence-electron chi connectivity index (χ3n) is 3.58. The predicted octanol–water partition coefficient (Wildman–Crippen LogP) is 4.98. The summed E-state index contributed by atoms with van der Waals surface area (Å²) in [6.45, 7) is 6.27. The quantitative estimate of drug-likeness (QED) is 0.741. The molecule has 0 atom stereocenters. The molecule has 3 aromatic rings. The summed E-state index contributed by atoms with van der Waals surface area (Å²) < 4.78 is 1.08. The van der Waals surface area contributed by atoms with Gasteiger partial charge in [0.1, 0.15) is 0 Å². The molecule has 112 valence electrons. The number of hydrogen-bond donors (Lipinski definition) is 1. The lowest BCUT2D eigenvalue weighted by atomic mass is 10.0. The number of fused-ring (bicyclic) bond motifs is 1. The molecule has 0 spiro atoms. The maximum absolute atomic E-state index is 12.4. The summed E-state index contributed by atoms with van der Waals surface area (Å²) in [5, 5.41) is 3.54. The molecule has 0 aliphatic carbocycles. The smallest absolute Gasteiger partial charge is 0.257 e. The minimum atomic E-state index is -0.113. The van der Waals surface area contributed by atoms with Gasteiger partial charge in [-0.25, -0.2) is 4.98 Å². The van der Waals surface area contributed by atoms with Crippen LogP contribution in [-0.2, 0) is 0 Å². The molecule has 1 aromatic heterocycles. The summed E-state index contributed by atoms with van der Waals surface area (Å²) in [4.78, 5) is 16.9. The Balaban J connectivity index is 1.84. The number of amides is 1. The van der Waals surface area contributed by atoms with Gasteiger partial charge in [0.05, 0.1) is 10.2 Å². The van der Waals surface area contributed by atoms with Crippen molar-refractivity contribution in [2.45, 2.75) is 26.7 Å². The van der Waals surface area contributed by atoms with Crippen molar-refractivity contribution in [1.29, 1.82) is 0 Å². The van der Waals surface area contributed by atoms with Gasteiger partial charge in [-0.05, 0) is 48.2 Å². The average Bonchev–Trinajstić information content (AvgIpc) is 2.88. The molecule has 1 heterocycles. The van der Waals surface area contributed by atoms with Gasteiger partial charge in [-0.2, -0.15) is 0 Å². The van der Waals surface area contributed by atoms with Crippen molar-refractivity contribution in [1.82, 2.24) is 4.98 Å². The van der Waals surface area contributed by atoms with E-state index < -0.39 is 0 Å². The first-order valence-corrected chi connectivity index (χ1v) is 8.13. The van der Waals surface area contributed by atoms with Crippen LogP contribution < -0.4 is 5.32 Å². The molecule has 0 radical (unpaired) electrons. The first kappa shape index (κ1) is 14.7. The third kappa shape index (κ3) is 3.02. The highest BCUT2D eigenvalue weighted by Crippen LogP contribution is 2.27. The van der Waals surface area contributed by atoms with Crippen LogP contribution in [0.15, 0.2) is 42.5 Å². The van der Waals surface area contributed by atoms with Gasteiger partial charge in [0.2, 0.25) is 0 Å². The molecule has 0 saturated carbocycles. The van der Waals surface area contributed by atoms with Crippen LogP contribution in [0.2, 0.25) is 0 Å². The SMILES string of the molecule is Cc1ccc2sc(NC(=O)c3cccc(C(C)C)c3)nc2c1. The van der Waals surface area contributed by atoms with Gasteiger partial charge in [0, 0.05) is 5.56 Å². The topological polar surface area (TPSA) is 42.0 Å². The lowest BCUT2D eigenvalue weighted by Gasteiger charge is -2.07. The number of carbonyl (C=O) groups is 1. The summed E-state index contributed by atoms with van der Waals surface area (Å²) >= 11 is 1.50. The minimum Gasteiger partial charge on any atom is -0.298 e. The molecule has 0 fully saturated rings. The van der Waals surface area contributed by atoms with Gasteiger partial charge in [0.25, 0.3) is 5.91 Å². The number of aryl methyl sites for hydroxylation is 1. The number of nitrogens with zero attached hydrogens (tertiary/aromatic N) is 1. The van der Waals surface area contributed by atoms with Crippen molar-refractivity contribution >= 4 is 32.6 Å². The first-order valence-electron chi connectivity index (χ1n) is 7.31. The Morgan fingerprint density at radius 1 is 1.18 bits per heavy atom. The molecular weight excluding hydrogens is 292 g/mol. The van der Waals surface area contributed by atoms with Crippen molar-refractivity contribution < 1.29 is 4.79 Å². The second-order valence-corrected chi connectivity index (χ2v) is 6.76. The number of anilines is 1. The zero-order valence-electron chi connectivity index (χ0n) is 12.9. The van der Waals surface area contributed by atoms with Crippen LogP contribution in [0.3, 0.4) is 0 Å². The van der Waals surface area contributed by atoms with E-state index in [1.165, 1.54) is 16.9 Å². The molecule has 0 aliphatic heterocycles. The number of nitrogens with one attached hydrogen (secondary N) is 1. The van der Waals surface area contributed by atoms with Crippen LogP contribution in [0.5, 0.6) is 0 Å². The molecule has 22 heavy (non-hydrogen) atoms. The second kappa shape index (κ2) is 5.89. The van der Waals surface area contributed by atoms with E-state index in [-0.39, 0.29) is 5.91 Å². The number of benzene rings is 2. The summed E-state index contributed by atoms with van der Waals surface area (Å²) in [6, 6.07) is 13.9. The number of hydrogen-bond acceptors (Lipinski definition) is 3. The molecule has 4 heteroatoms. The zero-order valence-corrected chi connectivity index (χ0v) is 13.7. The highest BCUT2D eigenvalue weighted by Gasteiger charge is 2.11. The summed E-state index contributed by atoms with van der Waals surface area (Å²) in [5.41, 5.74) is 3.92. The van der Waals surface area contributed by atoms with Gasteiger partial charge >= 0.3 is 0 Å². The van der Waals surface area contributed by atoms with E-state index in [0.29, 0.717) is 16.6 Å². The molecule has 1 N–H and O–H groups in total. The molecule has 0 aliphatic rings. The van der Waals surface area contributed by atoms with Crippen molar-refractivity contribution in [3.8, 4) is 0 Å². The number of rotatable bonds is 3. The predicted molar refractivity (Wildman–Crippen MR) is 92.8 cm³/mol. The fourth-order valence-electron chi connectivity index (χ4n) is 2.30. The monoisotopic (exact) mass is 310 g/mol. The normalized spacial score (nSPS) is 11.1. The molecular formula is C18H18N2OS. The van der Waals surface area contributed by atoms with Crippen LogP contribution in [0.4, 0.5) is 5.13 Å². The fraction of sp³-hybridized carbons (Fsp3) is 0.222. The van der Waals surface area contributed by atoms with Gasteiger partial charge in [-0.3, -0.25) is 10.1 Å². The third-order valence-corrected chi connectivity index (χ3v) is 4.53. The maximum atomic E-state index is 12.4. The van der Waals surface area contributed by atoms with Crippen molar-refractivity contribution in [3.05, 3.63) is 59.2 Å². The summed E-state index contributed by atoms with van der Waals surface area (Å²) in [7, 11) is 0. The van der Waals surface area contributed by atoms with Crippen LogP contribution in [0.25, 0.3) is 10.2 Å². The molecule has 0 saturated heterocycles. The molecule has 0 unspecified atom stereocenters. The van der Waals surface area contributed by atoms with E-state index in [0.717, 1.165) is 15.8 Å². The number of thiazole rings is 1. The zero-order chi connectivity index (χ0) is 15.7. The minimum absolute atomic E-state index is 0.113. The summed E-state index contributed by atoms with van der Waals surface area (Å²) in [6.07, 6.45) is 0. The highest BCUT2D eigenvalue weighted by atomic mass is 32.1. The Morgan fingerprint density at radius 3 is 2.77 bits per heavy atom. The Bertz CT molecular complexity index is 836. The van der Waals surface area contributed by atoms with Crippen LogP contribution >= 0.6 is 11.3 Å². The molecule has 2 aromatic carbocycles. The molecule has 3 rings (SSSR count). The van der Waals surface area contributed by atoms with Gasteiger partial charge in [-0.1, -0.05) is 43.4 Å². The van der Waals surface area contributed by atoms with E-state index >= 15 is 0 Å². The lowest BCUT2D eigenvalue weighted by Crippen LogP contribution is -2.12. The number of carbonyl (C=O) groups excluding carboxylic acids is 1. The maximum Gasteiger partial charge on any atom is 0.257 e. The van der Waals surface area contributed by atoms with E-state index in [1.54, 1.807) is 0 Å². The van der Waals surface area contributed by atoms with E-state index in [2.05, 4.69) is 30.2 Å². The molecule has 3 nitrogen and oxygen atoms in total. The van der Waals surface area contributed by atoms with Crippen LogP contribution in [0.1, 0.15) is 41.3 Å². The van der Waals surface area contributed by atoms with E-state index in [9.17, 15) is 4.79 Å². The van der Waals surface area contributed by atoms with Crippen LogP contribution in [-0.4, -0.2) is 10.9 Å². The summed E-state index contributed by atoms with van der Waals surface area (Å²) in [5.74, 6) is 0.288. The molecule has 1 amide bonds. The Morgan fingerprint density at radius 2 is 2.00 bits per heavy atom. The lowest BCUT2D eigenvalue weighted by molar-refractivity contribution is 0.102. The number of aromatic nitrogens is 1. The van der Waals surface area contributed by atoms with Gasteiger partial charge in [-0.15, -0.1) is 0 Å². The Labute approximate surface area is 134 Å². The van der Waals surface area contributed by atoms with E-state index in [1.807, 2.05) is 43.3 Å². The first-order chi connectivity index (χ1) is 10.5. The standard InChI is InChI=1S/C18H18N2OS/c1-11(2)13-5-4-6-14(10-13)17(21)20-18-19-15-9-12(3)7-8-16(15)22-18/h4-11H,1-3H3,(H,19,20,21). The largest absolute Gasteiger partial charge is 0.298 e. The van der Waals surface area contributed by atoms with Gasteiger partial charge in [0.15, 0.2) is 5.13 Å². The van der Waals surface area contributed by atoms with Crippen molar-refractivity contribution in [2.24, 2.45) is 0 Å². The average molecular weight is 310 g/mol. The fourth-order valence-corrected chi connectivity index (χ4v) is 3.14. The Kier molecular flexibility index (Phi) is 3.94. The van der Waals surface area contributed by atoms with Crippen molar-refractivity contribution in [2.75, 3.05) is 5.32 Å². The van der Waals surface area contributed by atoms with Crippen molar-refractivity contribution in [3.63, 3.8) is 0 Å². The van der Waals surface area contributed by atoms with E-state index in [4.69, 9.17) is 0 Å². The van der Waals surface area contributed by atoms with Crippen LogP contribution in [0, 0.1) is 6.92 Å². The van der Waals surface area contributed by atoms with Gasteiger partial charge < -0.3 is 0 Å². The second-order valence-electron chi connectivity index (χ2n) is 5.72.